The van der Waals surface area contributed by atoms with Gasteiger partial charge < -0.3 is 0 Å². The molecule has 1 atom stereocenters. The van der Waals surface area contributed by atoms with E-state index in [0.29, 0.717) is 12.8 Å². The molecule has 0 aliphatic carbocycles. The van der Waals surface area contributed by atoms with Gasteiger partial charge in [-0.2, -0.15) is 0 Å². The molecule has 0 bridgehead atoms. The van der Waals surface area contributed by atoms with Crippen LogP contribution in [0.4, 0.5) is 0 Å². The maximum atomic E-state index is 16.2. The predicted molar refractivity (Wildman–Crippen MR) is 278 cm³/mol. The fourth-order valence-electron chi connectivity index (χ4n) is 10.6. The van der Waals surface area contributed by atoms with Crippen LogP contribution in [0, 0.1) is 5.41 Å². The van der Waals surface area contributed by atoms with Gasteiger partial charge in [0.2, 0.25) is 0 Å². The first kappa shape index (κ1) is 61.7. The van der Waals surface area contributed by atoms with E-state index in [1.165, 1.54) is 0 Å². The van der Waals surface area contributed by atoms with Crippen LogP contribution < -0.4 is 0 Å². The molecule has 0 aromatic rings. The average molecular weight is 939 g/mol. The summed E-state index contributed by atoms with van der Waals surface area (Å²) in [6.07, 6.45) is 33.5. The van der Waals surface area contributed by atoms with E-state index in [-0.39, 0.29) is 12.8 Å². The van der Waals surface area contributed by atoms with Gasteiger partial charge in [0.05, 0.1) is 0 Å². The van der Waals surface area contributed by atoms with Crippen LogP contribution >= 0.6 is 13.7 Å². The second-order valence-corrected chi connectivity index (χ2v) is 33.1. The third kappa shape index (κ3) is 20.7. The maximum absolute atomic E-state index is 16.2. The molecule has 62 heavy (non-hydrogen) atoms. The molecule has 0 amide bonds. The molecule has 0 radical (unpaired) electrons. The van der Waals surface area contributed by atoms with Crippen molar-refractivity contribution in [2.24, 2.45) is 5.41 Å². The zero-order chi connectivity index (χ0) is 46.9. The van der Waals surface area contributed by atoms with E-state index >= 15 is 9.59 Å². The molecule has 0 spiro atoms. The van der Waals surface area contributed by atoms with Crippen LogP contribution in [0.5, 0.6) is 0 Å². The van der Waals surface area contributed by atoms with E-state index in [9.17, 15) is 13.0 Å². The van der Waals surface area contributed by atoms with Crippen LogP contribution in [-0.4, -0.2) is 79.5 Å². The van der Waals surface area contributed by atoms with Crippen molar-refractivity contribution in [3.8, 4) is 0 Å². The van der Waals surface area contributed by atoms with E-state index < -0.39 is 46.4 Å². The van der Waals surface area contributed by atoms with Gasteiger partial charge in [0.25, 0.3) is 0 Å². The Bertz CT molecular complexity index is 1170. The zero-order valence-electron chi connectivity index (χ0n) is 43.1. The Morgan fingerprint density at radius 1 is 0.403 bits per heavy atom. The summed E-state index contributed by atoms with van der Waals surface area (Å²) >= 11 is 0. The minimum absolute atomic E-state index is 0.200. The molecular formula is C52H108O7P2S. The molecule has 0 rings (SSSR count). The van der Waals surface area contributed by atoms with Crippen molar-refractivity contribution < 1.29 is 31.6 Å². The topological polar surface area (TPSA) is 107 Å². The van der Waals surface area contributed by atoms with Crippen LogP contribution in [0.25, 0.3) is 0 Å². The summed E-state index contributed by atoms with van der Waals surface area (Å²) in [6.45, 7) is 15.3. The molecule has 0 aromatic heterocycles. The zero-order valence-corrected chi connectivity index (χ0v) is 45.8. The number of carbonyl (C=O) groups is 2. The van der Waals surface area contributed by atoms with E-state index in [0.717, 1.165) is 216 Å². The van der Waals surface area contributed by atoms with E-state index in [1.54, 1.807) is 0 Å². The molecule has 1 unspecified atom stereocenters. The van der Waals surface area contributed by atoms with Gasteiger partial charge in [0, 0.05) is 0 Å². The molecule has 0 fully saturated rings. The summed E-state index contributed by atoms with van der Waals surface area (Å²) in [5.41, 5.74) is -1.74. The first-order valence-electron chi connectivity index (χ1n) is 27.1. The number of carbonyl (C=O) groups excluding carboxylic acids is 2. The van der Waals surface area contributed by atoms with Crippen LogP contribution in [0.3, 0.4) is 0 Å². The van der Waals surface area contributed by atoms with Crippen molar-refractivity contribution in [1.82, 2.24) is 0 Å². The third-order valence-corrected chi connectivity index (χ3v) is 28.9. The molecule has 0 saturated carbocycles. The van der Waals surface area contributed by atoms with Gasteiger partial charge in [-0.3, -0.25) is 0 Å². The number of rotatable bonds is 44. The molecule has 0 aliphatic rings. The Labute approximate surface area is 387 Å². The van der Waals surface area contributed by atoms with Crippen molar-refractivity contribution in [3.63, 3.8) is 0 Å². The van der Waals surface area contributed by atoms with Crippen molar-refractivity contribution in [2.45, 2.75) is 267 Å². The van der Waals surface area contributed by atoms with Gasteiger partial charge in [-0.15, -0.1) is 0 Å². The van der Waals surface area contributed by atoms with Gasteiger partial charge >= 0.3 is 389 Å². The first-order valence-corrected chi connectivity index (χ1v) is 34.4. The Balaban J connectivity index is 8.51. The van der Waals surface area contributed by atoms with Gasteiger partial charge in [0.15, 0.2) is 0 Å². The van der Waals surface area contributed by atoms with Gasteiger partial charge in [0.1, 0.15) is 0 Å². The molecule has 7 nitrogen and oxygen atoms in total. The van der Waals surface area contributed by atoms with Crippen molar-refractivity contribution in [2.75, 3.05) is 49.3 Å². The second kappa shape index (κ2) is 33.2. The monoisotopic (exact) mass is 939 g/mol. The van der Waals surface area contributed by atoms with Crippen LogP contribution in [0.1, 0.15) is 262 Å². The van der Waals surface area contributed by atoms with Crippen LogP contribution in [-0.2, 0) is 28.8 Å². The van der Waals surface area contributed by atoms with Crippen LogP contribution in [0.15, 0.2) is 0 Å². The Morgan fingerprint density at radius 3 is 0.903 bits per heavy atom. The average Bonchev–Trinajstić information content (AvgIpc) is 3.25. The Hall–Kier alpha value is -0.290. The van der Waals surface area contributed by atoms with Crippen molar-refractivity contribution in [3.05, 3.63) is 0 Å². The molecule has 0 aliphatic heterocycles. The van der Waals surface area contributed by atoms with E-state index in [2.05, 4.69) is 69.2 Å². The molecule has 374 valence electrons. The molecular weight excluding hydrogens is 831 g/mol. The van der Waals surface area contributed by atoms with E-state index in [1.807, 2.05) is 0 Å². The van der Waals surface area contributed by atoms with Gasteiger partial charge in [-0.25, -0.2) is 0 Å². The molecule has 0 heterocycles. The van der Waals surface area contributed by atoms with E-state index in [4.69, 9.17) is 9.05 Å². The fraction of sp³-hybridized carbons (Fsp3) is 0.962. The standard InChI is InChI=1S/C52H108O7P2S/c1-11-21-31-33-35-37-39-52(40-38-36-34-32-22-12-2,51(54)59-61(45-27-17-7,46-28-18-8,47-29-19-9)48-30-20-10)49(62(55,56)57)50(53)58-60(41-23-13-3,42-24-14-4,43-25-15-5)44-26-16-6/h49H,11-48H2,1-10H3,(H,55,56,57). The number of hydrogen-bond acceptors (Lipinski definition) is 6. The molecule has 10 heteroatoms. The molecule has 0 saturated heterocycles. The summed E-state index contributed by atoms with van der Waals surface area (Å²) in [5.74, 6) is -1.37. The molecule has 1 N–H and O–H groups in total. The fourth-order valence-corrected chi connectivity index (χ4v) is 25.4. The molecule has 0 aromatic carbocycles. The van der Waals surface area contributed by atoms with Gasteiger partial charge in [-0.05, 0) is 0 Å². The summed E-state index contributed by atoms with van der Waals surface area (Å²) < 4.78 is 55.6. The summed E-state index contributed by atoms with van der Waals surface area (Å²) in [6, 6.07) is 0. The normalized spacial score (nSPS) is 14.5. The quantitative estimate of drug-likeness (QED) is 0.0368. The number of unbranched alkanes of at least 4 members (excludes halogenated alkanes) is 18. The minimum atomic E-state index is -5.13. The summed E-state index contributed by atoms with van der Waals surface area (Å²) in [5, 5.41) is -2.01. The van der Waals surface area contributed by atoms with Gasteiger partial charge in [-0.1, -0.05) is 0 Å². The van der Waals surface area contributed by atoms with Crippen molar-refractivity contribution in [1.29, 1.82) is 0 Å². The van der Waals surface area contributed by atoms with Crippen molar-refractivity contribution >= 4 is 35.7 Å². The number of hydrogen-bond donors (Lipinski definition) is 1. The summed E-state index contributed by atoms with van der Waals surface area (Å²) in [4.78, 5) is 32.0. The first-order chi connectivity index (χ1) is 29.6. The Kier molecular flexibility index (Phi) is 33.1. The Morgan fingerprint density at radius 2 is 0.645 bits per heavy atom. The second-order valence-electron chi connectivity index (χ2n) is 20.2. The predicted octanol–water partition coefficient (Wildman–Crippen LogP) is 17.2. The summed E-state index contributed by atoms with van der Waals surface area (Å²) in [7, 11) is -5.13. The SMILES string of the molecule is CCCCCCCCC(CCCCCCCC)(C(=O)OP(CCCC)(CCCC)(CCCC)CCCC)C(C(=O)OP(CCCC)(CCCC)(CCCC)CCCC)S(=O)(=O)O. The van der Waals surface area contributed by atoms with Crippen LogP contribution in [0.2, 0.25) is 0 Å². The third-order valence-electron chi connectivity index (χ3n) is 14.7.